The summed E-state index contributed by atoms with van der Waals surface area (Å²) in [4.78, 5) is 48.2. The largest absolute Gasteiger partial charge is 0.507 e. The van der Waals surface area contributed by atoms with Gasteiger partial charge in [-0.05, 0) is 60.7 Å². The molecule has 1 unspecified atom stereocenters. The Morgan fingerprint density at radius 1 is 1.03 bits per heavy atom. The molecule has 1 aromatic carbocycles. The van der Waals surface area contributed by atoms with Gasteiger partial charge in [0.25, 0.3) is 0 Å². The lowest BCUT2D eigenvalue weighted by Gasteiger charge is -2.37. The maximum absolute atomic E-state index is 13.4. The van der Waals surface area contributed by atoms with E-state index in [9.17, 15) is 34.5 Å². The van der Waals surface area contributed by atoms with Crippen LogP contribution in [0.15, 0.2) is 0 Å². The molecule has 0 radical (unpaired) electrons. The quantitative estimate of drug-likeness (QED) is 0.388. The number of phenols is 3. The molecule has 192 valence electrons. The van der Waals surface area contributed by atoms with Crippen molar-refractivity contribution >= 4 is 24.1 Å². The maximum Gasteiger partial charge on any atom is 0.157 e. The molecule has 0 aliphatic heterocycles. The summed E-state index contributed by atoms with van der Waals surface area (Å²) in [7, 11) is 0. The first kappa shape index (κ1) is 26.9. The Bertz CT molecular complexity index is 1020. The van der Waals surface area contributed by atoms with Crippen molar-refractivity contribution in [3.05, 3.63) is 16.7 Å². The van der Waals surface area contributed by atoms with E-state index in [2.05, 4.69) is 13.8 Å². The van der Waals surface area contributed by atoms with E-state index in [1.54, 1.807) is 6.92 Å². The second-order valence-corrected chi connectivity index (χ2v) is 12.0. The molecule has 2 aliphatic carbocycles. The third-order valence-electron chi connectivity index (χ3n) is 8.72. The van der Waals surface area contributed by atoms with Crippen molar-refractivity contribution in [1.29, 1.82) is 0 Å². The van der Waals surface area contributed by atoms with E-state index in [1.807, 2.05) is 20.8 Å². The van der Waals surface area contributed by atoms with Crippen LogP contribution in [0.25, 0.3) is 0 Å². The van der Waals surface area contributed by atoms with Crippen LogP contribution >= 0.6 is 0 Å². The average Bonchev–Trinajstić information content (AvgIpc) is 3.14. The van der Waals surface area contributed by atoms with Crippen LogP contribution in [0.5, 0.6) is 17.2 Å². The Labute approximate surface area is 206 Å². The van der Waals surface area contributed by atoms with Crippen molar-refractivity contribution in [2.75, 3.05) is 0 Å². The van der Waals surface area contributed by atoms with Crippen LogP contribution < -0.4 is 0 Å². The summed E-state index contributed by atoms with van der Waals surface area (Å²) in [5, 5.41) is 32.1. The van der Waals surface area contributed by atoms with E-state index < -0.39 is 39.7 Å². The van der Waals surface area contributed by atoms with Gasteiger partial charge < -0.3 is 20.1 Å². The average molecular weight is 487 g/mol. The molecule has 0 bridgehead atoms. The second kappa shape index (κ2) is 9.40. The van der Waals surface area contributed by atoms with Crippen LogP contribution in [0.1, 0.15) is 106 Å². The summed E-state index contributed by atoms with van der Waals surface area (Å²) < 4.78 is 0. The standard InChI is InChI=1S/C28H38O7/c1-14(2)9-20(22-25(34)17(12-29)24(33)18(13-30)26(22)35)28(6)10-16(21(32)11-28)23-19(27(23,4)5)8-7-15(3)31/h12-14,16,19-20,23,33-35H,7-11H2,1-6H3/t16-,19-,20?,23+,28-/m1/s1. The monoisotopic (exact) mass is 486 g/mol. The molecule has 2 fully saturated rings. The lowest BCUT2D eigenvalue weighted by Crippen LogP contribution is -2.26. The summed E-state index contributed by atoms with van der Waals surface area (Å²) in [6.45, 7) is 11.8. The second-order valence-electron chi connectivity index (χ2n) is 12.0. The molecule has 7 heteroatoms. The topological polar surface area (TPSA) is 129 Å². The molecular formula is C28H38O7. The molecule has 3 N–H and O–H groups in total. The first-order valence-electron chi connectivity index (χ1n) is 12.4. The number of hydrogen-bond donors (Lipinski definition) is 3. The number of rotatable bonds is 10. The summed E-state index contributed by atoms with van der Waals surface area (Å²) in [5.74, 6) is -1.72. The van der Waals surface area contributed by atoms with E-state index in [1.165, 1.54) is 0 Å². The molecule has 0 aromatic heterocycles. The van der Waals surface area contributed by atoms with E-state index in [0.29, 0.717) is 19.3 Å². The predicted octanol–water partition coefficient (Wildman–Crippen LogP) is 5.18. The number of ketones is 2. The molecule has 2 saturated carbocycles. The fourth-order valence-electron chi connectivity index (χ4n) is 6.85. The molecule has 2 aliphatic rings. The van der Waals surface area contributed by atoms with Gasteiger partial charge in [0.15, 0.2) is 12.6 Å². The number of Topliss-reactive ketones (excluding diaryl/α,β-unsaturated/α-hetero) is 2. The number of carbonyl (C=O) groups excluding carboxylic acids is 4. The number of phenolic OH excluding ortho intramolecular Hbond substituents is 3. The van der Waals surface area contributed by atoms with Crippen LogP contribution in [0.4, 0.5) is 0 Å². The normalized spacial score (nSPS) is 28.2. The van der Waals surface area contributed by atoms with Gasteiger partial charge in [0, 0.05) is 24.3 Å². The lowest BCUT2D eigenvalue weighted by molar-refractivity contribution is -0.121. The highest BCUT2D eigenvalue weighted by atomic mass is 16.3. The Balaban J connectivity index is 2.04. The van der Waals surface area contributed by atoms with Crippen LogP contribution in [0, 0.1) is 34.5 Å². The first-order valence-corrected chi connectivity index (χ1v) is 12.4. The summed E-state index contributed by atoms with van der Waals surface area (Å²) >= 11 is 0. The number of carbonyl (C=O) groups is 4. The van der Waals surface area contributed by atoms with Crippen molar-refractivity contribution in [3.8, 4) is 17.2 Å². The van der Waals surface area contributed by atoms with E-state index >= 15 is 0 Å². The zero-order chi connectivity index (χ0) is 26.5. The Kier molecular flexibility index (Phi) is 7.22. The van der Waals surface area contributed by atoms with Gasteiger partial charge in [-0.15, -0.1) is 0 Å². The van der Waals surface area contributed by atoms with Crippen molar-refractivity contribution in [3.63, 3.8) is 0 Å². The molecule has 0 saturated heterocycles. The van der Waals surface area contributed by atoms with Crippen molar-refractivity contribution < 1.29 is 34.5 Å². The van der Waals surface area contributed by atoms with Gasteiger partial charge in [0.05, 0.1) is 11.1 Å². The van der Waals surface area contributed by atoms with E-state index in [-0.39, 0.29) is 65.2 Å². The third kappa shape index (κ3) is 4.62. The molecule has 35 heavy (non-hydrogen) atoms. The highest BCUT2D eigenvalue weighted by Gasteiger charge is 2.64. The maximum atomic E-state index is 13.4. The number of aromatic hydroxyl groups is 3. The zero-order valence-corrected chi connectivity index (χ0v) is 21.6. The molecule has 1 aromatic rings. The highest BCUT2D eigenvalue weighted by Crippen LogP contribution is 2.68. The van der Waals surface area contributed by atoms with Gasteiger partial charge in [-0.3, -0.25) is 14.4 Å². The summed E-state index contributed by atoms with van der Waals surface area (Å²) in [6.07, 6.45) is 3.08. The highest BCUT2D eigenvalue weighted by molar-refractivity contribution is 5.95. The Hall–Kier alpha value is -2.70. The molecule has 5 atom stereocenters. The van der Waals surface area contributed by atoms with E-state index in [0.717, 1.165) is 6.42 Å². The summed E-state index contributed by atoms with van der Waals surface area (Å²) in [5.41, 5.74) is -1.52. The van der Waals surface area contributed by atoms with Crippen molar-refractivity contribution in [2.24, 2.45) is 34.5 Å². The van der Waals surface area contributed by atoms with Gasteiger partial charge in [-0.1, -0.05) is 34.6 Å². The minimum Gasteiger partial charge on any atom is -0.507 e. The molecule has 0 amide bonds. The Morgan fingerprint density at radius 3 is 2.03 bits per heavy atom. The fourth-order valence-corrected chi connectivity index (χ4v) is 6.85. The van der Waals surface area contributed by atoms with Gasteiger partial charge >= 0.3 is 0 Å². The minimum absolute atomic E-state index is 0.0415. The van der Waals surface area contributed by atoms with Gasteiger partial charge in [0.2, 0.25) is 0 Å². The van der Waals surface area contributed by atoms with Crippen LogP contribution in [-0.4, -0.2) is 39.5 Å². The zero-order valence-electron chi connectivity index (χ0n) is 21.6. The van der Waals surface area contributed by atoms with Crippen molar-refractivity contribution in [1.82, 2.24) is 0 Å². The van der Waals surface area contributed by atoms with Gasteiger partial charge in [-0.2, -0.15) is 0 Å². The molecular weight excluding hydrogens is 448 g/mol. The smallest absolute Gasteiger partial charge is 0.157 e. The SMILES string of the molecule is CC(=O)CC[C@@H]1[C@H]([C@@H]2C[C@@](C)(C(CC(C)C)c3c(O)c(C=O)c(O)c(C=O)c3O)CC2=O)C1(C)C. The lowest BCUT2D eigenvalue weighted by atomic mass is 9.67. The number of benzene rings is 1. The minimum atomic E-state index is -0.754. The van der Waals surface area contributed by atoms with E-state index in [4.69, 9.17) is 0 Å². The van der Waals surface area contributed by atoms with Crippen LogP contribution in [0.2, 0.25) is 0 Å². The van der Waals surface area contributed by atoms with Crippen LogP contribution in [0.3, 0.4) is 0 Å². The van der Waals surface area contributed by atoms with Gasteiger partial charge in [0.1, 0.15) is 28.8 Å². The molecule has 0 spiro atoms. The Morgan fingerprint density at radius 2 is 1.57 bits per heavy atom. The number of hydrogen-bond acceptors (Lipinski definition) is 7. The van der Waals surface area contributed by atoms with Crippen molar-refractivity contribution in [2.45, 2.75) is 79.6 Å². The molecule has 7 nitrogen and oxygen atoms in total. The van der Waals surface area contributed by atoms with Gasteiger partial charge in [-0.25, -0.2) is 0 Å². The predicted molar refractivity (Wildman–Crippen MR) is 131 cm³/mol. The molecule has 0 heterocycles. The van der Waals surface area contributed by atoms with Crippen LogP contribution in [-0.2, 0) is 9.59 Å². The molecule has 3 rings (SSSR count). The fraction of sp³-hybridized carbons (Fsp3) is 0.643. The summed E-state index contributed by atoms with van der Waals surface area (Å²) in [6, 6.07) is 0. The number of aldehydes is 2. The third-order valence-corrected chi connectivity index (χ3v) is 8.72. The first-order chi connectivity index (χ1) is 16.2.